The molecule has 2 aromatic rings. The predicted molar refractivity (Wildman–Crippen MR) is 80.1 cm³/mol. The Hall–Kier alpha value is -0.990. The topological polar surface area (TPSA) is 34.1 Å². The number of nitrogens with zero attached hydrogens (tertiary/aromatic N) is 1. The number of hydrogen-bond donors (Lipinski definition) is 1. The summed E-state index contributed by atoms with van der Waals surface area (Å²) >= 11 is 10.7. The van der Waals surface area contributed by atoms with Gasteiger partial charge in [-0.1, -0.05) is 11.6 Å². The van der Waals surface area contributed by atoms with Crippen molar-refractivity contribution in [3.8, 4) is 5.88 Å². The molecule has 0 atom stereocenters. The summed E-state index contributed by atoms with van der Waals surface area (Å²) in [7, 11) is 0. The Morgan fingerprint density at radius 2 is 2.14 bits per heavy atom. The third-order valence-electron chi connectivity index (χ3n) is 2.28. The molecule has 0 unspecified atom stereocenters. The highest BCUT2D eigenvalue weighted by molar-refractivity contribution is 9.10. The van der Waals surface area contributed by atoms with Crippen LogP contribution in [-0.4, -0.2) is 17.8 Å². The normalized spacial score (nSPS) is 11.5. The molecule has 2 heterocycles. The molecular formula is C12H9BrClF3N2OS. The van der Waals surface area contributed by atoms with Gasteiger partial charge in [-0.3, -0.25) is 0 Å². The molecule has 0 spiro atoms. The Kier molecular flexibility index (Phi) is 5.34. The van der Waals surface area contributed by atoms with E-state index in [0.717, 1.165) is 9.35 Å². The van der Waals surface area contributed by atoms with Gasteiger partial charge in [-0.2, -0.15) is 13.2 Å². The van der Waals surface area contributed by atoms with Crippen molar-refractivity contribution in [3.63, 3.8) is 0 Å². The van der Waals surface area contributed by atoms with Crippen LogP contribution in [0.3, 0.4) is 0 Å². The third-order valence-corrected chi connectivity index (χ3v) is 4.76. The molecule has 0 bridgehead atoms. The largest absolute Gasteiger partial charge is 0.468 e. The number of alkyl halides is 3. The summed E-state index contributed by atoms with van der Waals surface area (Å²) in [4.78, 5) is 4.82. The molecule has 0 fully saturated rings. The Bertz CT molecular complexity index is 584. The summed E-state index contributed by atoms with van der Waals surface area (Å²) < 4.78 is 42.0. The number of rotatable bonds is 5. The van der Waals surface area contributed by atoms with Crippen LogP contribution in [0.15, 0.2) is 28.9 Å². The number of anilines is 1. The van der Waals surface area contributed by atoms with Crippen molar-refractivity contribution >= 4 is 44.6 Å². The second-order valence-corrected chi connectivity index (χ2v) is 6.57. The summed E-state index contributed by atoms with van der Waals surface area (Å²) in [6.07, 6.45) is -2.96. The highest BCUT2D eigenvalue weighted by atomic mass is 79.9. The zero-order chi connectivity index (χ0) is 15.5. The molecule has 0 aliphatic rings. The second-order valence-electron chi connectivity index (χ2n) is 3.98. The van der Waals surface area contributed by atoms with Crippen LogP contribution in [0, 0.1) is 0 Å². The molecule has 2 aromatic heterocycles. The van der Waals surface area contributed by atoms with E-state index in [4.69, 9.17) is 11.6 Å². The second kappa shape index (κ2) is 6.85. The molecule has 0 aliphatic heterocycles. The minimum Gasteiger partial charge on any atom is -0.468 e. The van der Waals surface area contributed by atoms with Gasteiger partial charge in [0, 0.05) is 22.0 Å². The van der Waals surface area contributed by atoms with Gasteiger partial charge in [0.1, 0.15) is 4.34 Å². The van der Waals surface area contributed by atoms with Crippen LogP contribution < -0.4 is 10.1 Å². The predicted octanol–water partition coefficient (Wildman–Crippen LogP) is 5.11. The molecule has 0 radical (unpaired) electrons. The molecule has 2 rings (SSSR count). The van der Waals surface area contributed by atoms with Crippen LogP contribution in [0.25, 0.3) is 0 Å². The van der Waals surface area contributed by atoms with Gasteiger partial charge in [0.05, 0.1) is 11.9 Å². The summed E-state index contributed by atoms with van der Waals surface area (Å²) in [6, 6.07) is 4.88. The van der Waals surface area contributed by atoms with Gasteiger partial charge < -0.3 is 10.1 Å². The highest BCUT2D eigenvalue weighted by Gasteiger charge is 2.28. The van der Waals surface area contributed by atoms with Crippen LogP contribution in [0.5, 0.6) is 5.88 Å². The number of ether oxygens (including phenoxy) is 1. The van der Waals surface area contributed by atoms with Crippen LogP contribution >= 0.6 is 38.9 Å². The standard InChI is InChI=1S/C12H9BrClF3N2OS/c13-9-3-8(21-11(9)14)5-18-7-1-2-10(19-4-7)20-6-12(15,16)17/h1-4,18H,5-6H2. The van der Waals surface area contributed by atoms with Gasteiger partial charge in [0.15, 0.2) is 6.61 Å². The number of aromatic nitrogens is 1. The first kappa shape index (κ1) is 16.4. The van der Waals surface area contributed by atoms with Crippen molar-refractivity contribution in [1.82, 2.24) is 4.98 Å². The number of hydrogen-bond acceptors (Lipinski definition) is 4. The van der Waals surface area contributed by atoms with Crippen LogP contribution in [0.4, 0.5) is 18.9 Å². The van der Waals surface area contributed by atoms with Crippen molar-refractivity contribution in [2.24, 2.45) is 0 Å². The van der Waals surface area contributed by atoms with Crippen LogP contribution in [0.2, 0.25) is 4.34 Å². The average molecular weight is 402 g/mol. The van der Waals surface area contributed by atoms with Crippen LogP contribution in [0.1, 0.15) is 4.88 Å². The van der Waals surface area contributed by atoms with E-state index in [-0.39, 0.29) is 5.88 Å². The fraction of sp³-hybridized carbons (Fsp3) is 0.250. The monoisotopic (exact) mass is 400 g/mol. The number of halogens is 5. The zero-order valence-electron chi connectivity index (χ0n) is 10.4. The molecule has 9 heteroatoms. The van der Waals surface area contributed by atoms with Crippen molar-refractivity contribution in [2.75, 3.05) is 11.9 Å². The van der Waals surface area contributed by atoms with Crippen molar-refractivity contribution in [2.45, 2.75) is 12.7 Å². The number of thiophene rings is 1. The van der Waals surface area contributed by atoms with E-state index in [1.165, 1.54) is 23.6 Å². The maximum atomic E-state index is 12.0. The lowest BCUT2D eigenvalue weighted by atomic mass is 10.4. The first-order valence-electron chi connectivity index (χ1n) is 5.67. The van der Waals surface area contributed by atoms with Gasteiger partial charge >= 0.3 is 6.18 Å². The third kappa shape index (κ3) is 5.37. The SMILES string of the molecule is FC(F)(F)COc1ccc(NCc2cc(Br)c(Cl)s2)cn1. The first-order valence-corrected chi connectivity index (χ1v) is 7.65. The minimum atomic E-state index is -4.37. The minimum absolute atomic E-state index is 0.0696. The van der Waals surface area contributed by atoms with Crippen molar-refractivity contribution in [1.29, 1.82) is 0 Å². The maximum Gasteiger partial charge on any atom is 0.422 e. The lowest BCUT2D eigenvalue weighted by molar-refractivity contribution is -0.154. The van der Waals surface area contributed by atoms with E-state index >= 15 is 0 Å². The Morgan fingerprint density at radius 1 is 1.38 bits per heavy atom. The summed E-state index contributed by atoms with van der Waals surface area (Å²) in [6.45, 7) is -0.811. The van der Waals surface area contributed by atoms with Gasteiger partial charge in [0.2, 0.25) is 5.88 Å². The maximum absolute atomic E-state index is 12.0. The van der Waals surface area contributed by atoms with Crippen molar-refractivity contribution in [3.05, 3.63) is 38.1 Å². The molecule has 21 heavy (non-hydrogen) atoms. The quantitative estimate of drug-likeness (QED) is 0.756. The van der Waals surface area contributed by atoms with E-state index in [1.807, 2.05) is 6.07 Å². The molecule has 0 saturated carbocycles. The molecule has 0 aromatic carbocycles. The lowest BCUT2D eigenvalue weighted by Gasteiger charge is -2.09. The number of nitrogens with one attached hydrogen (secondary N) is 1. The average Bonchev–Trinajstić information content (AvgIpc) is 2.74. The Balaban J connectivity index is 1.87. The zero-order valence-corrected chi connectivity index (χ0v) is 13.5. The van der Waals surface area contributed by atoms with E-state index in [0.29, 0.717) is 16.6 Å². The summed E-state index contributed by atoms with van der Waals surface area (Å²) in [5, 5.41) is 3.09. The first-order chi connectivity index (χ1) is 9.83. The van der Waals surface area contributed by atoms with Crippen molar-refractivity contribution < 1.29 is 17.9 Å². The molecule has 1 N–H and O–H groups in total. The van der Waals surface area contributed by atoms with Gasteiger partial charge in [0.25, 0.3) is 0 Å². The fourth-order valence-electron chi connectivity index (χ4n) is 1.39. The molecule has 0 aliphatic carbocycles. The van der Waals surface area contributed by atoms with Gasteiger partial charge in [-0.15, -0.1) is 11.3 Å². The van der Waals surface area contributed by atoms with E-state index < -0.39 is 12.8 Å². The number of pyridine rings is 1. The molecule has 114 valence electrons. The molecule has 3 nitrogen and oxygen atoms in total. The van der Waals surface area contributed by atoms with E-state index in [2.05, 4.69) is 31.0 Å². The Labute approximate surface area is 136 Å². The molecule has 0 amide bonds. The summed E-state index contributed by atoms with van der Waals surface area (Å²) in [5.74, 6) is -0.0696. The Morgan fingerprint density at radius 3 is 2.67 bits per heavy atom. The van der Waals surface area contributed by atoms with Crippen LogP contribution in [-0.2, 0) is 6.54 Å². The molecule has 0 saturated heterocycles. The lowest BCUT2D eigenvalue weighted by Crippen LogP contribution is -2.19. The van der Waals surface area contributed by atoms with E-state index in [1.54, 1.807) is 6.07 Å². The highest BCUT2D eigenvalue weighted by Crippen LogP contribution is 2.32. The summed E-state index contributed by atoms with van der Waals surface area (Å²) in [5.41, 5.74) is 0.676. The fourth-order valence-corrected chi connectivity index (χ4v) is 3.12. The van der Waals surface area contributed by atoms with Gasteiger partial charge in [-0.05, 0) is 28.1 Å². The van der Waals surface area contributed by atoms with E-state index in [9.17, 15) is 13.2 Å². The smallest absolute Gasteiger partial charge is 0.422 e. The van der Waals surface area contributed by atoms with Gasteiger partial charge in [-0.25, -0.2) is 4.98 Å². The molecular weight excluding hydrogens is 393 g/mol.